The summed E-state index contributed by atoms with van der Waals surface area (Å²) < 4.78 is 46.7. The molecule has 6 nitrogen and oxygen atoms in total. The minimum Gasteiger partial charge on any atom is -0.490 e. The second-order valence-corrected chi connectivity index (χ2v) is 9.81. The van der Waals surface area contributed by atoms with Crippen molar-refractivity contribution >= 4 is 31.9 Å². The van der Waals surface area contributed by atoms with Gasteiger partial charge in [-0.25, -0.2) is 12.8 Å². The van der Waals surface area contributed by atoms with Crippen LogP contribution < -0.4 is 4.74 Å². The monoisotopic (exact) mass is 484 g/mol. The summed E-state index contributed by atoms with van der Waals surface area (Å²) in [5.74, 6) is -0.335. The quantitative estimate of drug-likeness (QED) is 0.650. The Labute approximate surface area is 178 Å². The topological polar surface area (TPSA) is 66.9 Å². The molecule has 1 aliphatic heterocycles. The maximum atomic E-state index is 13.4. The maximum Gasteiger partial charge on any atom is 0.257 e. The van der Waals surface area contributed by atoms with Crippen LogP contribution in [0.15, 0.2) is 51.8 Å². The number of rotatable bonds is 5. The first-order valence-corrected chi connectivity index (χ1v) is 11.4. The van der Waals surface area contributed by atoms with Crippen LogP contribution in [0.4, 0.5) is 4.39 Å². The smallest absolute Gasteiger partial charge is 0.257 e. The van der Waals surface area contributed by atoms with E-state index in [1.165, 1.54) is 22.5 Å². The molecule has 2 aromatic carbocycles. The Balaban J connectivity index is 1.73. The molecule has 2 aromatic rings. The molecule has 1 saturated heterocycles. The minimum absolute atomic E-state index is 0.0854. The minimum atomic E-state index is -3.80. The maximum absolute atomic E-state index is 13.4. The molecule has 1 aliphatic rings. The molecule has 1 heterocycles. The van der Waals surface area contributed by atoms with Gasteiger partial charge >= 0.3 is 0 Å². The summed E-state index contributed by atoms with van der Waals surface area (Å²) in [6.45, 7) is 4.52. The van der Waals surface area contributed by atoms with Gasteiger partial charge in [0.15, 0.2) is 0 Å². The first kappa shape index (κ1) is 21.7. The highest BCUT2D eigenvalue weighted by Gasteiger charge is 2.31. The second-order valence-electron chi connectivity index (χ2n) is 6.96. The van der Waals surface area contributed by atoms with E-state index in [2.05, 4.69) is 15.9 Å². The summed E-state index contributed by atoms with van der Waals surface area (Å²) in [6.07, 6.45) is -0.0934. The third-order valence-corrected chi connectivity index (χ3v) is 6.88. The van der Waals surface area contributed by atoms with Crippen molar-refractivity contribution in [1.82, 2.24) is 9.21 Å². The lowest BCUT2D eigenvalue weighted by atomic mass is 10.1. The second kappa shape index (κ2) is 8.81. The van der Waals surface area contributed by atoms with E-state index in [0.29, 0.717) is 11.3 Å². The molecule has 1 fully saturated rings. The predicted octanol–water partition coefficient (Wildman–Crippen LogP) is 3.52. The number of benzene rings is 2. The Morgan fingerprint density at radius 1 is 1.10 bits per heavy atom. The molecule has 0 bridgehead atoms. The van der Waals surface area contributed by atoms with Gasteiger partial charge in [-0.05, 0) is 50.2 Å². The summed E-state index contributed by atoms with van der Waals surface area (Å²) in [5.41, 5.74) is 0.434. The van der Waals surface area contributed by atoms with Crippen molar-refractivity contribution in [3.8, 4) is 5.75 Å². The van der Waals surface area contributed by atoms with Crippen molar-refractivity contribution in [3.63, 3.8) is 0 Å². The summed E-state index contributed by atoms with van der Waals surface area (Å²) in [7, 11) is -3.80. The van der Waals surface area contributed by atoms with E-state index < -0.39 is 15.8 Å². The molecule has 0 unspecified atom stereocenters. The SMILES string of the molecule is CC(C)Oc1cc(Br)ccc1C(=O)N1CCN(S(=O)(=O)c2cccc(F)c2)CC1. The zero-order valence-electron chi connectivity index (χ0n) is 16.1. The molecule has 0 aliphatic carbocycles. The number of halogens is 2. The van der Waals surface area contributed by atoms with Crippen LogP contribution in [0.3, 0.4) is 0 Å². The van der Waals surface area contributed by atoms with Gasteiger partial charge in [0.25, 0.3) is 5.91 Å². The predicted molar refractivity (Wildman–Crippen MR) is 111 cm³/mol. The van der Waals surface area contributed by atoms with Gasteiger partial charge in [-0.3, -0.25) is 4.79 Å². The van der Waals surface area contributed by atoms with Crippen LogP contribution in [0.2, 0.25) is 0 Å². The van der Waals surface area contributed by atoms with Gasteiger partial charge in [-0.1, -0.05) is 22.0 Å². The molecule has 0 atom stereocenters. The number of hydrogen-bond donors (Lipinski definition) is 0. The summed E-state index contributed by atoms with van der Waals surface area (Å²) in [6, 6.07) is 10.1. The highest BCUT2D eigenvalue weighted by Crippen LogP contribution is 2.27. The molecule has 0 radical (unpaired) electrons. The molecule has 9 heteroatoms. The molecule has 29 heavy (non-hydrogen) atoms. The van der Waals surface area contributed by atoms with Crippen LogP contribution in [-0.4, -0.2) is 55.8 Å². The largest absolute Gasteiger partial charge is 0.490 e. The van der Waals surface area contributed by atoms with Crippen molar-refractivity contribution in [1.29, 1.82) is 0 Å². The number of carbonyl (C=O) groups is 1. The lowest BCUT2D eigenvalue weighted by Gasteiger charge is -2.34. The number of sulfonamides is 1. The van der Waals surface area contributed by atoms with Gasteiger partial charge in [0, 0.05) is 30.7 Å². The van der Waals surface area contributed by atoms with E-state index in [-0.39, 0.29) is 43.1 Å². The number of amides is 1. The average Bonchev–Trinajstić information content (AvgIpc) is 2.67. The highest BCUT2D eigenvalue weighted by molar-refractivity contribution is 9.10. The van der Waals surface area contributed by atoms with E-state index in [1.807, 2.05) is 13.8 Å². The zero-order valence-corrected chi connectivity index (χ0v) is 18.5. The van der Waals surface area contributed by atoms with E-state index in [1.54, 1.807) is 23.1 Å². The van der Waals surface area contributed by atoms with Crippen molar-refractivity contribution in [2.45, 2.75) is 24.8 Å². The average molecular weight is 485 g/mol. The number of piperazine rings is 1. The summed E-state index contributed by atoms with van der Waals surface area (Å²) >= 11 is 3.38. The van der Waals surface area contributed by atoms with Crippen LogP contribution in [0.25, 0.3) is 0 Å². The fourth-order valence-corrected chi connectivity index (χ4v) is 4.90. The summed E-state index contributed by atoms with van der Waals surface area (Å²) in [4.78, 5) is 14.5. The van der Waals surface area contributed by atoms with Crippen LogP contribution in [-0.2, 0) is 10.0 Å². The third-order valence-electron chi connectivity index (χ3n) is 4.50. The number of hydrogen-bond acceptors (Lipinski definition) is 4. The lowest BCUT2D eigenvalue weighted by Crippen LogP contribution is -2.50. The molecular weight excluding hydrogens is 463 g/mol. The Morgan fingerprint density at radius 3 is 2.41 bits per heavy atom. The van der Waals surface area contributed by atoms with Crippen LogP contribution >= 0.6 is 15.9 Å². The Kier molecular flexibility index (Phi) is 6.60. The van der Waals surface area contributed by atoms with E-state index >= 15 is 0 Å². The molecule has 0 aromatic heterocycles. The molecular formula is C20H22BrFN2O4S. The van der Waals surface area contributed by atoms with E-state index in [0.717, 1.165) is 10.5 Å². The Bertz CT molecular complexity index is 1010. The van der Waals surface area contributed by atoms with E-state index in [4.69, 9.17) is 4.74 Å². The van der Waals surface area contributed by atoms with Crippen molar-refractivity contribution in [3.05, 3.63) is 58.3 Å². The number of ether oxygens (including phenoxy) is 1. The number of carbonyl (C=O) groups excluding carboxylic acids is 1. The van der Waals surface area contributed by atoms with Gasteiger partial charge in [0.2, 0.25) is 10.0 Å². The normalized spacial score (nSPS) is 15.6. The first-order chi connectivity index (χ1) is 13.7. The molecule has 3 rings (SSSR count). The van der Waals surface area contributed by atoms with Gasteiger partial charge in [-0.15, -0.1) is 0 Å². The standard InChI is InChI=1S/C20H22BrFN2O4S/c1-14(2)28-19-12-15(21)6-7-18(19)20(25)23-8-10-24(11-9-23)29(26,27)17-5-3-4-16(22)13-17/h3-7,12-14H,8-11H2,1-2H3. The fourth-order valence-electron chi connectivity index (χ4n) is 3.10. The van der Waals surface area contributed by atoms with E-state index in [9.17, 15) is 17.6 Å². The van der Waals surface area contributed by atoms with Crippen molar-refractivity contribution < 1.29 is 22.3 Å². The van der Waals surface area contributed by atoms with Crippen LogP contribution in [0, 0.1) is 5.82 Å². The van der Waals surface area contributed by atoms with Crippen LogP contribution in [0.1, 0.15) is 24.2 Å². The molecule has 156 valence electrons. The van der Waals surface area contributed by atoms with Crippen molar-refractivity contribution in [2.24, 2.45) is 0 Å². The highest BCUT2D eigenvalue weighted by atomic mass is 79.9. The van der Waals surface area contributed by atoms with Gasteiger partial charge < -0.3 is 9.64 Å². The Morgan fingerprint density at radius 2 is 1.79 bits per heavy atom. The van der Waals surface area contributed by atoms with Crippen molar-refractivity contribution in [2.75, 3.05) is 26.2 Å². The zero-order chi connectivity index (χ0) is 21.2. The first-order valence-electron chi connectivity index (χ1n) is 9.19. The van der Waals surface area contributed by atoms with Crippen LogP contribution in [0.5, 0.6) is 5.75 Å². The fraction of sp³-hybridized carbons (Fsp3) is 0.350. The number of nitrogens with zero attached hydrogens (tertiary/aromatic N) is 2. The molecule has 1 amide bonds. The Hall–Kier alpha value is -1.97. The summed E-state index contributed by atoms with van der Waals surface area (Å²) in [5, 5.41) is 0. The molecule has 0 spiro atoms. The molecule has 0 saturated carbocycles. The molecule has 0 N–H and O–H groups in total. The third kappa shape index (κ3) is 4.96. The van der Waals surface area contributed by atoms with Gasteiger partial charge in [0.1, 0.15) is 11.6 Å². The lowest BCUT2D eigenvalue weighted by molar-refractivity contribution is 0.0692. The van der Waals surface area contributed by atoms with Gasteiger partial charge in [-0.2, -0.15) is 4.31 Å². The van der Waals surface area contributed by atoms with Gasteiger partial charge in [0.05, 0.1) is 16.6 Å².